The minimum absolute atomic E-state index is 0.138. The van der Waals surface area contributed by atoms with E-state index in [9.17, 15) is 10.1 Å². The summed E-state index contributed by atoms with van der Waals surface area (Å²) in [5, 5.41) is 13.9. The Morgan fingerprint density at radius 3 is 2.88 bits per heavy atom. The molecule has 1 fully saturated rings. The minimum Gasteiger partial charge on any atom is -0.383 e. The van der Waals surface area contributed by atoms with Gasteiger partial charge < -0.3 is 5.32 Å². The highest BCUT2D eigenvalue weighted by Crippen LogP contribution is 2.47. The van der Waals surface area contributed by atoms with Crippen molar-refractivity contribution in [3.8, 4) is 0 Å². The molecule has 0 atom stereocenters. The Hall–Kier alpha value is -1.23. The Balaban J connectivity index is 1.99. The number of hydrogen-bond acceptors (Lipinski definition) is 4. The molecule has 0 amide bonds. The molecule has 16 heavy (non-hydrogen) atoms. The number of rotatable bonds is 5. The van der Waals surface area contributed by atoms with Crippen molar-refractivity contribution in [2.75, 3.05) is 18.1 Å². The number of hydrogen-bond donors (Lipinski definition) is 1. The lowest BCUT2D eigenvalue weighted by Gasteiger charge is -2.13. The van der Waals surface area contributed by atoms with Gasteiger partial charge in [0, 0.05) is 29.1 Å². The first-order valence-electron chi connectivity index (χ1n) is 5.19. The zero-order valence-corrected chi connectivity index (χ0v) is 9.92. The summed E-state index contributed by atoms with van der Waals surface area (Å²) < 4.78 is 0.366. The molecule has 0 saturated heterocycles. The topological polar surface area (TPSA) is 55.2 Å². The van der Waals surface area contributed by atoms with Crippen molar-refractivity contribution in [1.82, 2.24) is 0 Å². The fourth-order valence-corrected chi connectivity index (χ4v) is 2.31. The molecule has 4 nitrogen and oxygen atoms in total. The minimum atomic E-state index is -0.368. The summed E-state index contributed by atoms with van der Waals surface area (Å²) in [7, 11) is 0. The molecule has 1 saturated carbocycles. The second-order valence-corrected chi connectivity index (χ2v) is 5.32. The molecule has 5 heteroatoms. The van der Waals surface area contributed by atoms with Crippen LogP contribution in [-0.2, 0) is 0 Å². The molecule has 0 radical (unpaired) electrons. The van der Waals surface area contributed by atoms with Gasteiger partial charge in [0.2, 0.25) is 0 Å². The maximum absolute atomic E-state index is 10.6. The van der Waals surface area contributed by atoms with E-state index in [2.05, 4.69) is 11.6 Å². The molecule has 2 rings (SSSR count). The first-order chi connectivity index (χ1) is 7.65. The van der Waals surface area contributed by atoms with Crippen molar-refractivity contribution in [2.24, 2.45) is 0 Å². The Morgan fingerprint density at radius 1 is 1.56 bits per heavy atom. The maximum atomic E-state index is 10.6. The number of anilines is 1. The Morgan fingerprint density at radius 2 is 2.31 bits per heavy atom. The standard InChI is InChI=1S/C11H14N2O2S/c1-16-11(5-6-11)8-12-9-3-2-4-10(7-9)13(14)15/h2-4,7,12H,5-6,8H2,1H3. The monoisotopic (exact) mass is 238 g/mol. The number of thioether (sulfide) groups is 1. The molecule has 0 aromatic heterocycles. The summed E-state index contributed by atoms with van der Waals surface area (Å²) in [4.78, 5) is 10.2. The van der Waals surface area contributed by atoms with Crippen LogP contribution in [-0.4, -0.2) is 22.5 Å². The van der Waals surface area contributed by atoms with Crippen molar-refractivity contribution in [1.29, 1.82) is 0 Å². The third-order valence-electron chi connectivity index (χ3n) is 2.91. The van der Waals surface area contributed by atoms with Gasteiger partial charge in [-0.1, -0.05) is 6.07 Å². The number of nitrogens with one attached hydrogen (secondary N) is 1. The molecule has 0 bridgehead atoms. The van der Waals surface area contributed by atoms with Gasteiger partial charge in [-0.25, -0.2) is 0 Å². The van der Waals surface area contributed by atoms with Crippen molar-refractivity contribution in [2.45, 2.75) is 17.6 Å². The molecular weight excluding hydrogens is 224 g/mol. The SMILES string of the molecule is CSC1(CNc2cccc([N+](=O)[O-])c2)CC1. The van der Waals surface area contributed by atoms with E-state index in [4.69, 9.17) is 0 Å². The second kappa shape index (κ2) is 4.33. The van der Waals surface area contributed by atoms with Crippen LogP contribution in [0, 0.1) is 10.1 Å². The van der Waals surface area contributed by atoms with Crippen LogP contribution in [0.4, 0.5) is 11.4 Å². The van der Waals surface area contributed by atoms with Crippen LogP contribution in [0.15, 0.2) is 24.3 Å². The van der Waals surface area contributed by atoms with Gasteiger partial charge in [0.05, 0.1) is 4.92 Å². The molecule has 0 unspecified atom stereocenters. The van der Waals surface area contributed by atoms with Crippen molar-refractivity contribution >= 4 is 23.1 Å². The van der Waals surface area contributed by atoms with Gasteiger partial charge in [0.15, 0.2) is 0 Å². The third-order valence-corrected chi connectivity index (χ3v) is 4.33. The van der Waals surface area contributed by atoms with Crippen LogP contribution in [0.3, 0.4) is 0 Å². The van der Waals surface area contributed by atoms with Gasteiger partial charge in [-0.3, -0.25) is 10.1 Å². The number of nitro groups is 1. The molecule has 0 aliphatic heterocycles. The van der Waals surface area contributed by atoms with E-state index in [1.807, 2.05) is 17.8 Å². The zero-order valence-electron chi connectivity index (χ0n) is 9.10. The average Bonchev–Trinajstić information content (AvgIpc) is 3.07. The maximum Gasteiger partial charge on any atom is 0.271 e. The summed E-state index contributed by atoms with van der Waals surface area (Å²) in [6, 6.07) is 6.66. The zero-order chi connectivity index (χ0) is 11.6. The summed E-state index contributed by atoms with van der Waals surface area (Å²) in [6.07, 6.45) is 4.58. The van der Waals surface area contributed by atoms with E-state index < -0.39 is 0 Å². The van der Waals surface area contributed by atoms with E-state index in [0.717, 1.165) is 12.2 Å². The van der Waals surface area contributed by atoms with Crippen LogP contribution >= 0.6 is 11.8 Å². The predicted octanol–water partition coefficient (Wildman–Crippen LogP) is 2.90. The molecule has 1 aromatic rings. The molecule has 86 valence electrons. The van der Waals surface area contributed by atoms with Crippen LogP contribution in [0.2, 0.25) is 0 Å². The molecule has 0 spiro atoms. The van der Waals surface area contributed by atoms with Gasteiger partial charge in [-0.05, 0) is 25.2 Å². The summed E-state index contributed by atoms with van der Waals surface area (Å²) in [5.74, 6) is 0. The van der Waals surface area contributed by atoms with Crippen molar-refractivity contribution < 1.29 is 4.92 Å². The van der Waals surface area contributed by atoms with E-state index in [-0.39, 0.29) is 10.6 Å². The van der Waals surface area contributed by atoms with Gasteiger partial charge in [0.25, 0.3) is 5.69 Å². The smallest absolute Gasteiger partial charge is 0.271 e. The number of nitro benzene ring substituents is 1. The number of nitrogens with zero attached hydrogens (tertiary/aromatic N) is 1. The second-order valence-electron chi connectivity index (χ2n) is 4.05. The van der Waals surface area contributed by atoms with E-state index in [0.29, 0.717) is 4.75 Å². The molecule has 1 N–H and O–H groups in total. The molecule has 0 heterocycles. The van der Waals surface area contributed by atoms with Gasteiger partial charge in [-0.15, -0.1) is 0 Å². The van der Waals surface area contributed by atoms with E-state index in [1.165, 1.54) is 18.9 Å². The van der Waals surface area contributed by atoms with Crippen molar-refractivity contribution in [3.63, 3.8) is 0 Å². The fourth-order valence-electron chi connectivity index (χ4n) is 1.59. The largest absolute Gasteiger partial charge is 0.383 e. The fraction of sp³-hybridized carbons (Fsp3) is 0.455. The molecule has 1 aliphatic rings. The molecule has 1 aromatic carbocycles. The first kappa shape index (κ1) is 11.3. The highest BCUT2D eigenvalue weighted by molar-refractivity contribution is 8.00. The van der Waals surface area contributed by atoms with Gasteiger partial charge in [-0.2, -0.15) is 11.8 Å². The summed E-state index contributed by atoms with van der Waals surface area (Å²) in [5.41, 5.74) is 0.966. The van der Waals surface area contributed by atoms with Gasteiger partial charge in [0.1, 0.15) is 0 Å². The molecule has 1 aliphatic carbocycles. The average molecular weight is 238 g/mol. The van der Waals surface area contributed by atoms with Crippen LogP contribution in [0.25, 0.3) is 0 Å². The summed E-state index contributed by atoms with van der Waals surface area (Å²) >= 11 is 1.87. The van der Waals surface area contributed by atoms with Gasteiger partial charge >= 0.3 is 0 Å². The van der Waals surface area contributed by atoms with Crippen LogP contribution in [0.1, 0.15) is 12.8 Å². The van der Waals surface area contributed by atoms with E-state index in [1.54, 1.807) is 12.1 Å². The lowest BCUT2D eigenvalue weighted by atomic mass is 10.2. The lowest BCUT2D eigenvalue weighted by molar-refractivity contribution is -0.384. The third kappa shape index (κ3) is 2.47. The lowest BCUT2D eigenvalue weighted by Crippen LogP contribution is -2.17. The van der Waals surface area contributed by atoms with Crippen molar-refractivity contribution in [3.05, 3.63) is 34.4 Å². The number of benzene rings is 1. The highest BCUT2D eigenvalue weighted by atomic mass is 32.2. The van der Waals surface area contributed by atoms with Crippen LogP contribution in [0.5, 0.6) is 0 Å². The Kier molecular flexibility index (Phi) is 3.05. The normalized spacial score (nSPS) is 16.8. The summed E-state index contributed by atoms with van der Waals surface area (Å²) in [6.45, 7) is 0.884. The Labute approximate surface area is 98.6 Å². The predicted molar refractivity (Wildman–Crippen MR) is 67.1 cm³/mol. The highest BCUT2D eigenvalue weighted by Gasteiger charge is 2.41. The molecular formula is C11H14N2O2S. The first-order valence-corrected chi connectivity index (χ1v) is 6.41. The Bertz CT molecular complexity index is 405. The van der Waals surface area contributed by atoms with Crippen LogP contribution < -0.4 is 5.32 Å². The van der Waals surface area contributed by atoms with E-state index >= 15 is 0 Å². The number of non-ortho nitro benzene ring substituents is 1. The quantitative estimate of drug-likeness (QED) is 0.633.